The number of anilines is 1. The lowest BCUT2D eigenvalue weighted by atomic mass is 10.1. The molecule has 2 fully saturated rings. The van der Waals surface area contributed by atoms with Crippen molar-refractivity contribution in [1.29, 1.82) is 0 Å². The molecule has 7 nitrogen and oxygen atoms in total. The maximum absolute atomic E-state index is 12.8. The van der Waals surface area contributed by atoms with E-state index >= 15 is 0 Å². The highest BCUT2D eigenvalue weighted by Crippen LogP contribution is 2.27. The van der Waals surface area contributed by atoms with Gasteiger partial charge in [-0.2, -0.15) is 0 Å². The predicted molar refractivity (Wildman–Crippen MR) is 107 cm³/mol. The summed E-state index contributed by atoms with van der Waals surface area (Å²) >= 11 is 6.10. The molecule has 1 aromatic carbocycles. The number of halogens is 1. The summed E-state index contributed by atoms with van der Waals surface area (Å²) in [7, 11) is 0. The Bertz CT molecular complexity index is 922. The first-order valence-corrected chi connectivity index (χ1v) is 10.1. The summed E-state index contributed by atoms with van der Waals surface area (Å²) in [5.74, 6) is -0.325. The number of carbonyl (C=O) groups excluding carboxylic acids is 3. The Labute approximate surface area is 173 Å². The highest BCUT2D eigenvalue weighted by Gasteiger charge is 2.35. The van der Waals surface area contributed by atoms with Crippen molar-refractivity contribution in [1.82, 2.24) is 9.80 Å². The Morgan fingerprint density at radius 3 is 2.72 bits per heavy atom. The molecule has 8 heteroatoms. The van der Waals surface area contributed by atoms with Crippen molar-refractivity contribution in [2.24, 2.45) is 5.92 Å². The maximum atomic E-state index is 12.8. The minimum Gasteiger partial charge on any atom is -0.467 e. The second kappa shape index (κ2) is 8.29. The first-order chi connectivity index (χ1) is 14.0. The van der Waals surface area contributed by atoms with Crippen LogP contribution in [0, 0.1) is 5.92 Å². The Balaban J connectivity index is 1.46. The summed E-state index contributed by atoms with van der Waals surface area (Å²) < 4.78 is 5.29. The SMILES string of the molecule is O=C(Nc1cc(Cl)ccc1C(=O)N1CCCC1)C1CC(=O)N(Cc2ccco2)C1. The summed E-state index contributed by atoms with van der Waals surface area (Å²) in [6.45, 7) is 2.08. The zero-order valence-corrected chi connectivity index (χ0v) is 16.7. The average Bonchev–Trinajstić information content (AvgIpc) is 3.45. The van der Waals surface area contributed by atoms with E-state index in [2.05, 4.69) is 5.32 Å². The molecule has 1 atom stereocenters. The molecule has 0 aliphatic carbocycles. The molecule has 0 spiro atoms. The lowest BCUT2D eigenvalue weighted by molar-refractivity contribution is -0.128. The number of furan rings is 1. The second-order valence-electron chi connectivity index (χ2n) is 7.43. The first kappa shape index (κ1) is 19.5. The van der Waals surface area contributed by atoms with Gasteiger partial charge in [0.25, 0.3) is 5.91 Å². The Hall–Kier alpha value is -2.80. The van der Waals surface area contributed by atoms with Crippen LogP contribution in [-0.2, 0) is 16.1 Å². The second-order valence-corrected chi connectivity index (χ2v) is 7.87. The fraction of sp³-hybridized carbons (Fsp3) is 0.381. The Kier molecular flexibility index (Phi) is 5.58. The van der Waals surface area contributed by atoms with Crippen molar-refractivity contribution in [2.45, 2.75) is 25.8 Å². The number of carbonyl (C=O) groups is 3. The van der Waals surface area contributed by atoms with Crippen molar-refractivity contribution >= 4 is 35.0 Å². The van der Waals surface area contributed by atoms with E-state index in [9.17, 15) is 14.4 Å². The molecule has 1 unspecified atom stereocenters. The summed E-state index contributed by atoms with van der Waals surface area (Å²) in [4.78, 5) is 41.3. The van der Waals surface area contributed by atoms with Crippen LogP contribution in [0.3, 0.4) is 0 Å². The van der Waals surface area contributed by atoms with Gasteiger partial charge in [-0.25, -0.2) is 0 Å². The van der Waals surface area contributed by atoms with Gasteiger partial charge < -0.3 is 19.5 Å². The van der Waals surface area contributed by atoms with E-state index in [4.69, 9.17) is 16.0 Å². The smallest absolute Gasteiger partial charge is 0.255 e. The predicted octanol–water partition coefficient (Wildman–Crippen LogP) is 3.16. The van der Waals surface area contributed by atoms with Gasteiger partial charge in [0, 0.05) is 31.1 Å². The number of nitrogens with one attached hydrogen (secondary N) is 1. The van der Waals surface area contributed by atoms with Gasteiger partial charge in [-0.05, 0) is 43.2 Å². The van der Waals surface area contributed by atoms with Gasteiger partial charge in [0.05, 0.1) is 30.0 Å². The van der Waals surface area contributed by atoms with Crippen molar-refractivity contribution < 1.29 is 18.8 Å². The molecule has 2 aliphatic rings. The Morgan fingerprint density at radius 2 is 2.00 bits per heavy atom. The number of rotatable bonds is 5. The first-order valence-electron chi connectivity index (χ1n) is 9.71. The van der Waals surface area contributed by atoms with Gasteiger partial charge in [-0.15, -0.1) is 0 Å². The molecule has 3 amide bonds. The molecule has 0 saturated carbocycles. The topological polar surface area (TPSA) is 82.9 Å². The maximum Gasteiger partial charge on any atom is 0.255 e. The van der Waals surface area contributed by atoms with E-state index in [1.807, 2.05) is 0 Å². The monoisotopic (exact) mass is 415 g/mol. The number of benzene rings is 1. The molecule has 2 aliphatic heterocycles. The van der Waals surface area contributed by atoms with E-state index in [0.717, 1.165) is 12.8 Å². The van der Waals surface area contributed by atoms with Crippen molar-refractivity contribution in [3.63, 3.8) is 0 Å². The molecule has 0 bridgehead atoms. The zero-order valence-electron chi connectivity index (χ0n) is 15.9. The van der Waals surface area contributed by atoms with Crippen LogP contribution in [-0.4, -0.2) is 47.2 Å². The van der Waals surface area contributed by atoms with E-state index in [-0.39, 0.29) is 24.1 Å². The zero-order chi connectivity index (χ0) is 20.4. The third-order valence-electron chi connectivity index (χ3n) is 5.38. The molecule has 2 saturated heterocycles. The molecule has 2 aromatic rings. The fourth-order valence-electron chi connectivity index (χ4n) is 3.82. The van der Waals surface area contributed by atoms with Crippen LogP contribution in [0.25, 0.3) is 0 Å². The van der Waals surface area contributed by atoms with Gasteiger partial charge >= 0.3 is 0 Å². The molecule has 29 heavy (non-hydrogen) atoms. The molecule has 4 rings (SSSR count). The van der Waals surface area contributed by atoms with Crippen LogP contribution in [0.15, 0.2) is 41.0 Å². The minimum atomic E-state index is -0.494. The summed E-state index contributed by atoms with van der Waals surface area (Å²) in [6, 6.07) is 8.42. The van der Waals surface area contributed by atoms with E-state index in [0.29, 0.717) is 48.2 Å². The molecular formula is C21H22ClN3O4. The molecule has 1 aromatic heterocycles. The van der Waals surface area contributed by atoms with E-state index in [1.54, 1.807) is 46.4 Å². The van der Waals surface area contributed by atoms with Crippen LogP contribution in [0.5, 0.6) is 0 Å². The average molecular weight is 416 g/mol. The summed E-state index contributed by atoms with van der Waals surface area (Å²) in [5.41, 5.74) is 0.803. The van der Waals surface area contributed by atoms with Gasteiger partial charge in [0.1, 0.15) is 5.76 Å². The van der Waals surface area contributed by atoms with Crippen molar-refractivity contribution in [3.8, 4) is 0 Å². The molecular weight excluding hydrogens is 394 g/mol. The van der Waals surface area contributed by atoms with E-state index in [1.165, 1.54) is 0 Å². The normalized spacial score (nSPS) is 19.1. The number of amides is 3. The lowest BCUT2D eigenvalue weighted by Gasteiger charge is -2.19. The Morgan fingerprint density at radius 1 is 1.21 bits per heavy atom. The summed E-state index contributed by atoms with van der Waals surface area (Å²) in [6.07, 6.45) is 3.65. The molecule has 0 radical (unpaired) electrons. The van der Waals surface area contributed by atoms with Crippen LogP contribution in [0.2, 0.25) is 5.02 Å². The highest BCUT2D eigenvalue weighted by atomic mass is 35.5. The van der Waals surface area contributed by atoms with Crippen LogP contribution in [0.4, 0.5) is 5.69 Å². The van der Waals surface area contributed by atoms with Gasteiger partial charge in [-0.3, -0.25) is 14.4 Å². The van der Waals surface area contributed by atoms with Crippen LogP contribution >= 0.6 is 11.6 Å². The standard InChI is InChI=1S/C21H22ClN3O4/c22-15-5-6-17(21(28)24-7-1-2-8-24)18(11-15)23-20(27)14-10-19(26)25(12-14)13-16-4-3-9-29-16/h3-6,9,11,14H,1-2,7-8,10,12-13H2,(H,23,27). The summed E-state index contributed by atoms with van der Waals surface area (Å²) in [5, 5.41) is 3.26. The third kappa shape index (κ3) is 4.29. The minimum absolute atomic E-state index is 0.0963. The fourth-order valence-corrected chi connectivity index (χ4v) is 4.00. The molecule has 1 N–H and O–H groups in total. The van der Waals surface area contributed by atoms with Crippen molar-refractivity contribution in [3.05, 3.63) is 52.9 Å². The number of hydrogen-bond donors (Lipinski definition) is 1. The number of nitrogens with zero attached hydrogens (tertiary/aromatic N) is 2. The van der Waals surface area contributed by atoms with Crippen molar-refractivity contribution in [2.75, 3.05) is 25.0 Å². The van der Waals surface area contributed by atoms with Crippen LogP contribution < -0.4 is 5.32 Å². The van der Waals surface area contributed by atoms with E-state index < -0.39 is 5.92 Å². The molecule has 3 heterocycles. The molecule has 152 valence electrons. The number of likely N-dealkylation sites (tertiary alicyclic amines) is 2. The third-order valence-corrected chi connectivity index (χ3v) is 5.61. The van der Waals surface area contributed by atoms with Gasteiger partial charge in [0.15, 0.2) is 0 Å². The lowest BCUT2D eigenvalue weighted by Crippen LogP contribution is -2.30. The van der Waals surface area contributed by atoms with Crippen LogP contribution in [0.1, 0.15) is 35.4 Å². The van der Waals surface area contributed by atoms with Gasteiger partial charge in [-0.1, -0.05) is 11.6 Å². The quantitative estimate of drug-likeness (QED) is 0.813. The van der Waals surface area contributed by atoms with Gasteiger partial charge in [0.2, 0.25) is 11.8 Å². The highest BCUT2D eigenvalue weighted by molar-refractivity contribution is 6.31. The largest absolute Gasteiger partial charge is 0.467 e. The number of hydrogen-bond acceptors (Lipinski definition) is 4.